The molecule has 0 saturated carbocycles. The first-order valence-corrected chi connectivity index (χ1v) is 2.89. The summed E-state index contributed by atoms with van der Waals surface area (Å²) < 4.78 is 0. The maximum absolute atomic E-state index is 2.16. The average Bonchev–Trinajstić information content (AvgIpc) is 1.94. The summed E-state index contributed by atoms with van der Waals surface area (Å²) in [6.45, 7) is 2.10. The van der Waals surface area contributed by atoms with Crippen molar-refractivity contribution in [2.45, 2.75) is 20.8 Å². The normalized spacial score (nSPS) is 15.9. The van der Waals surface area contributed by atoms with Crippen LogP contribution in [0.15, 0.2) is 36.0 Å². The second-order valence-electron chi connectivity index (χ2n) is 1.98. The summed E-state index contributed by atoms with van der Waals surface area (Å²) in [5.74, 6) is 0. The van der Waals surface area contributed by atoms with Gasteiger partial charge in [-0.25, -0.2) is 0 Å². The molecule has 0 nitrogen and oxygen atoms in total. The highest BCUT2D eigenvalue weighted by Crippen LogP contribution is 2.01. The van der Waals surface area contributed by atoms with Gasteiger partial charge in [0.05, 0.1) is 0 Å². The van der Waals surface area contributed by atoms with Crippen molar-refractivity contribution in [1.82, 2.24) is 0 Å². The SMILES string of the molecule is C.CC1=CC=CCC=C1. The van der Waals surface area contributed by atoms with E-state index in [2.05, 4.69) is 37.3 Å². The van der Waals surface area contributed by atoms with Gasteiger partial charge >= 0.3 is 0 Å². The molecule has 0 spiro atoms. The summed E-state index contributed by atoms with van der Waals surface area (Å²) >= 11 is 0. The molecule has 0 saturated heterocycles. The Balaban J connectivity index is 0.000000640. The summed E-state index contributed by atoms with van der Waals surface area (Å²) in [6, 6.07) is 0. The molecule has 1 rings (SSSR count). The maximum atomic E-state index is 2.16. The lowest BCUT2D eigenvalue weighted by Crippen LogP contribution is -1.60. The average molecular weight is 122 g/mol. The van der Waals surface area contributed by atoms with Crippen molar-refractivity contribution < 1.29 is 0 Å². The van der Waals surface area contributed by atoms with Gasteiger partial charge in [-0.3, -0.25) is 0 Å². The van der Waals surface area contributed by atoms with Gasteiger partial charge in [0.2, 0.25) is 0 Å². The molecule has 0 heteroatoms. The molecule has 0 bridgehead atoms. The summed E-state index contributed by atoms with van der Waals surface area (Å²) in [5.41, 5.74) is 1.33. The predicted molar refractivity (Wildman–Crippen MR) is 43.4 cm³/mol. The molecule has 0 atom stereocenters. The van der Waals surface area contributed by atoms with E-state index in [0.717, 1.165) is 6.42 Å². The third-order valence-electron chi connectivity index (χ3n) is 1.15. The second kappa shape index (κ2) is 4.13. The van der Waals surface area contributed by atoms with Gasteiger partial charge < -0.3 is 0 Å². The molecule has 1 aliphatic carbocycles. The highest BCUT2D eigenvalue weighted by Gasteiger charge is 1.80. The smallest absolute Gasteiger partial charge is 0.0163 e. The van der Waals surface area contributed by atoms with Crippen molar-refractivity contribution in [2.24, 2.45) is 0 Å². The van der Waals surface area contributed by atoms with Crippen molar-refractivity contribution in [2.75, 3.05) is 0 Å². The first-order valence-electron chi connectivity index (χ1n) is 2.89. The minimum Gasteiger partial charge on any atom is -0.0807 e. The van der Waals surface area contributed by atoms with E-state index in [1.807, 2.05) is 0 Å². The van der Waals surface area contributed by atoms with Crippen LogP contribution in [0.2, 0.25) is 0 Å². The molecule has 0 amide bonds. The Kier molecular flexibility index (Phi) is 3.78. The first kappa shape index (κ1) is 8.22. The van der Waals surface area contributed by atoms with E-state index >= 15 is 0 Å². The lowest BCUT2D eigenvalue weighted by atomic mass is 10.3. The van der Waals surface area contributed by atoms with Gasteiger partial charge in [-0.15, -0.1) is 0 Å². The van der Waals surface area contributed by atoms with Crippen molar-refractivity contribution in [3.8, 4) is 0 Å². The molecule has 1 aliphatic rings. The van der Waals surface area contributed by atoms with Crippen molar-refractivity contribution in [1.29, 1.82) is 0 Å². The van der Waals surface area contributed by atoms with Crippen molar-refractivity contribution in [3.05, 3.63) is 36.0 Å². The molecular formula is C9H14. The van der Waals surface area contributed by atoms with Gasteiger partial charge in [0.15, 0.2) is 0 Å². The third kappa shape index (κ3) is 2.91. The molecule has 9 heavy (non-hydrogen) atoms. The molecule has 0 aromatic rings. The quantitative estimate of drug-likeness (QED) is 0.463. The Labute approximate surface area is 57.6 Å². The fourth-order valence-corrected chi connectivity index (χ4v) is 0.686. The summed E-state index contributed by atoms with van der Waals surface area (Å²) in [5, 5.41) is 0. The van der Waals surface area contributed by atoms with E-state index in [4.69, 9.17) is 0 Å². The maximum Gasteiger partial charge on any atom is -0.0163 e. The zero-order valence-electron chi connectivity index (χ0n) is 5.09. The van der Waals surface area contributed by atoms with E-state index in [-0.39, 0.29) is 7.43 Å². The van der Waals surface area contributed by atoms with Crippen LogP contribution in [0.3, 0.4) is 0 Å². The van der Waals surface area contributed by atoms with E-state index in [1.54, 1.807) is 0 Å². The Morgan fingerprint density at radius 2 is 2.11 bits per heavy atom. The van der Waals surface area contributed by atoms with E-state index in [1.165, 1.54) is 5.57 Å². The standard InChI is InChI=1S/C8H10.CH4/c1-8-6-4-2-3-5-7-8;/h2,4-7H,3H2,1H3;1H4. The molecule has 0 heterocycles. The Morgan fingerprint density at radius 3 is 2.89 bits per heavy atom. The number of rotatable bonds is 0. The second-order valence-corrected chi connectivity index (χ2v) is 1.98. The molecular weight excluding hydrogens is 108 g/mol. The zero-order chi connectivity index (χ0) is 5.82. The van der Waals surface area contributed by atoms with Crippen LogP contribution in [-0.4, -0.2) is 0 Å². The van der Waals surface area contributed by atoms with Crippen molar-refractivity contribution in [3.63, 3.8) is 0 Å². The van der Waals surface area contributed by atoms with Gasteiger partial charge in [-0.2, -0.15) is 0 Å². The fourth-order valence-electron chi connectivity index (χ4n) is 0.686. The largest absolute Gasteiger partial charge is 0.0807 e. The molecule has 0 aromatic heterocycles. The van der Waals surface area contributed by atoms with Gasteiger partial charge in [0.25, 0.3) is 0 Å². The summed E-state index contributed by atoms with van der Waals surface area (Å²) in [6.07, 6.45) is 11.7. The van der Waals surface area contributed by atoms with E-state index in [9.17, 15) is 0 Å². The summed E-state index contributed by atoms with van der Waals surface area (Å²) in [7, 11) is 0. The van der Waals surface area contributed by atoms with Crippen LogP contribution in [0.1, 0.15) is 20.8 Å². The van der Waals surface area contributed by atoms with Crippen LogP contribution in [0, 0.1) is 0 Å². The highest BCUT2D eigenvalue weighted by atomic mass is 13.9. The highest BCUT2D eigenvalue weighted by molar-refractivity contribution is 5.24. The first-order chi connectivity index (χ1) is 3.89. The molecule has 50 valence electrons. The lowest BCUT2D eigenvalue weighted by Gasteiger charge is -1.80. The van der Waals surface area contributed by atoms with E-state index < -0.39 is 0 Å². The van der Waals surface area contributed by atoms with Crippen molar-refractivity contribution >= 4 is 0 Å². The van der Waals surface area contributed by atoms with Crippen LogP contribution in [0.4, 0.5) is 0 Å². The van der Waals surface area contributed by atoms with Crippen LogP contribution in [-0.2, 0) is 0 Å². The van der Waals surface area contributed by atoms with Gasteiger partial charge in [0.1, 0.15) is 0 Å². The predicted octanol–water partition coefficient (Wildman–Crippen LogP) is 3.08. The van der Waals surface area contributed by atoms with E-state index in [0.29, 0.717) is 0 Å². The van der Waals surface area contributed by atoms with Crippen LogP contribution < -0.4 is 0 Å². The number of hydrogen-bond acceptors (Lipinski definition) is 0. The lowest BCUT2D eigenvalue weighted by molar-refractivity contribution is 1.40. The number of allylic oxidation sites excluding steroid dienone is 6. The molecule has 0 unspecified atom stereocenters. The van der Waals surface area contributed by atoms with Gasteiger partial charge in [0, 0.05) is 0 Å². The van der Waals surface area contributed by atoms with Crippen LogP contribution >= 0.6 is 0 Å². The molecule has 0 aliphatic heterocycles. The zero-order valence-corrected chi connectivity index (χ0v) is 5.09. The topological polar surface area (TPSA) is 0 Å². The molecule has 0 aromatic carbocycles. The number of hydrogen-bond donors (Lipinski definition) is 0. The Morgan fingerprint density at radius 1 is 1.33 bits per heavy atom. The monoisotopic (exact) mass is 122 g/mol. The third-order valence-corrected chi connectivity index (χ3v) is 1.15. The van der Waals surface area contributed by atoms with Gasteiger partial charge in [-0.1, -0.05) is 43.4 Å². The van der Waals surface area contributed by atoms with Crippen LogP contribution in [0.5, 0.6) is 0 Å². The van der Waals surface area contributed by atoms with Gasteiger partial charge in [-0.05, 0) is 13.3 Å². The minimum absolute atomic E-state index is 0. The Hall–Kier alpha value is -0.780. The molecule has 0 N–H and O–H groups in total. The minimum atomic E-state index is 0. The fraction of sp³-hybridized carbons (Fsp3) is 0.333. The van der Waals surface area contributed by atoms with Crippen LogP contribution in [0.25, 0.3) is 0 Å². The summed E-state index contributed by atoms with van der Waals surface area (Å²) in [4.78, 5) is 0. The molecule has 0 fully saturated rings. The molecule has 0 radical (unpaired) electrons. The Bertz CT molecular complexity index is 147.